The van der Waals surface area contributed by atoms with Crippen LogP contribution in [0.1, 0.15) is 34.1 Å². The fraction of sp³-hybridized carbons (Fsp3) is 0.818. The number of carbonyl (C=O) groups is 1. The average molecular weight is 308 g/mol. The maximum atomic E-state index is 12.1. The van der Waals surface area contributed by atoms with Crippen molar-refractivity contribution < 1.29 is 17.9 Å². The number of hydrogen-bond acceptors (Lipinski definition) is 5. The molecular formula is C11H24N4O4S. The molecule has 0 saturated heterocycles. The maximum absolute atomic E-state index is 12.1. The van der Waals surface area contributed by atoms with Gasteiger partial charge in [-0.2, -0.15) is 12.7 Å². The van der Waals surface area contributed by atoms with Crippen LogP contribution in [0, 0.1) is 11.3 Å². The molecule has 1 amide bonds. The first-order valence-electron chi connectivity index (χ1n) is 6.36. The van der Waals surface area contributed by atoms with E-state index < -0.39 is 22.4 Å². The Morgan fingerprint density at radius 2 is 1.90 bits per heavy atom. The number of nitrogens with two attached hydrogens (primary N) is 1. The number of amides is 1. The van der Waals surface area contributed by atoms with Gasteiger partial charge >= 0.3 is 16.3 Å². The van der Waals surface area contributed by atoms with Gasteiger partial charge in [-0.05, 0) is 19.8 Å². The fourth-order valence-electron chi connectivity index (χ4n) is 1.37. The molecule has 8 nitrogen and oxygen atoms in total. The summed E-state index contributed by atoms with van der Waals surface area (Å²) in [6, 6.07) is 0. The van der Waals surface area contributed by atoms with Crippen molar-refractivity contribution in [1.29, 1.82) is 5.41 Å². The van der Waals surface area contributed by atoms with Crippen molar-refractivity contribution >= 4 is 22.1 Å². The Kier molecular flexibility index (Phi) is 7.51. The van der Waals surface area contributed by atoms with E-state index in [-0.39, 0.29) is 31.3 Å². The predicted octanol–water partition coefficient (Wildman–Crippen LogP) is 0.650. The lowest BCUT2D eigenvalue weighted by Crippen LogP contribution is -2.46. The zero-order valence-corrected chi connectivity index (χ0v) is 13.2. The van der Waals surface area contributed by atoms with Crippen molar-refractivity contribution in [3.05, 3.63) is 0 Å². The smallest absolute Gasteiger partial charge is 0.422 e. The molecule has 0 saturated carbocycles. The second kappa shape index (κ2) is 8.05. The van der Waals surface area contributed by atoms with E-state index in [1.807, 2.05) is 18.6 Å². The summed E-state index contributed by atoms with van der Waals surface area (Å²) in [4.78, 5) is 11.4. The van der Waals surface area contributed by atoms with E-state index in [0.29, 0.717) is 0 Å². The van der Waals surface area contributed by atoms with Crippen molar-refractivity contribution in [2.75, 3.05) is 13.1 Å². The monoisotopic (exact) mass is 308 g/mol. The van der Waals surface area contributed by atoms with E-state index in [1.54, 1.807) is 13.8 Å². The summed E-state index contributed by atoms with van der Waals surface area (Å²) < 4.78 is 31.8. The molecule has 0 fully saturated rings. The second-order valence-corrected chi connectivity index (χ2v) is 6.76. The molecule has 0 rings (SSSR count). The van der Waals surface area contributed by atoms with Gasteiger partial charge in [-0.1, -0.05) is 13.8 Å². The second-order valence-electron chi connectivity index (χ2n) is 5.09. The van der Waals surface area contributed by atoms with Crippen LogP contribution in [0.4, 0.5) is 4.79 Å². The maximum Gasteiger partial charge on any atom is 0.422 e. The fourth-order valence-corrected chi connectivity index (χ4v) is 2.58. The molecule has 0 aliphatic heterocycles. The minimum atomic E-state index is -4.00. The van der Waals surface area contributed by atoms with Gasteiger partial charge in [0, 0.05) is 19.5 Å². The molecule has 0 aliphatic carbocycles. The molecule has 0 atom stereocenters. The van der Waals surface area contributed by atoms with Crippen molar-refractivity contribution in [1.82, 2.24) is 9.03 Å². The lowest BCUT2D eigenvalue weighted by atomic mass is 10.2. The summed E-state index contributed by atoms with van der Waals surface area (Å²) in [5.41, 5.74) is 5.23. The number of rotatable bonds is 8. The summed E-state index contributed by atoms with van der Waals surface area (Å²) in [7, 11) is -4.00. The molecule has 0 aliphatic rings. The summed E-state index contributed by atoms with van der Waals surface area (Å²) in [6.07, 6.45) is -1.33. The van der Waals surface area contributed by atoms with E-state index in [4.69, 9.17) is 15.9 Å². The Labute approximate surface area is 120 Å². The molecule has 0 aromatic rings. The molecule has 0 heterocycles. The summed E-state index contributed by atoms with van der Waals surface area (Å²) >= 11 is 0. The molecule has 0 aromatic heterocycles. The van der Waals surface area contributed by atoms with E-state index in [9.17, 15) is 13.2 Å². The van der Waals surface area contributed by atoms with Gasteiger partial charge in [-0.25, -0.2) is 9.52 Å². The minimum absolute atomic E-state index is 0.0395. The largest absolute Gasteiger partial charge is 0.446 e. The highest BCUT2D eigenvalue weighted by Gasteiger charge is 2.25. The molecule has 4 N–H and O–H groups in total. The van der Waals surface area contributed by atoms with Crippen LogP contribution in [0.3, 0.4) is 0 Å². The molecule has 9 heteroatoms. The number of nitrogens with one attached hydrogen (secondary N) is 2. The molecule has 0 bridgehead atoms. The quantitative estimate of drug-likeness (QED) is 0.448. The third-order valence-electron chi connectivity index (χ3n) is 2.09. The molecule has 0 unspecified atom stereocenters. The highest BCUT2D eigenvalue weighted by molar-refractivity contribution is 7.87. The van der Waals surface area contributed by atoms with E-state index in [1.165, 1.54) is 0 Å². The lowest BCUT2D eigenvalue weighted by Gasteiger charge is -2.23. The third kappa shape index (κ3) is 7.95. The first kappa shape index (κ1) is 18.7. The molecule has 0 aromatic carbocycles. The lowest BCUT2D eigenvalue weighted by molar-refractivity contribution is 0.121. The first-order chi connectivity index (χ1) is 9.04. The van der Waals surface area contributed by atoms with Crippen LogP contribution in [0.5, 0.6) is 0 Å². The molecule has 118 valence electrons. The van der Waals surface area contributed by atoms with Gasteiger partial charge in [-0.15, -0.1) is 0 Å². The van der Waals surface area contributed by atoms with Crippen LogP contribution < -0.4 is 10.5 Å². The van der Waals surface area contributed by atoms with Crippen molar-refractivity contribution in [3.63, 3.8) is 0 Å². The first-order valence-corrected chi connectivity index (χ1v) is 7.80. The van der Waals surface area contributed by atoms with Crippen molar-refractivity contribution in [2.24, 2.45) is 11.7 Å². The van der Waals surface area contributed by atoms with E-state index in [2.05, 4.69) is 0 Å². The summed E-state index contributed by atoms with van der Waals surface area (Å²) in [6.45, 7) is 7.20. The van der Waals surface area contributed by atoms with Crippen LogP contribution in [0.2, 0.25) is 0 Å². The number of nitrogens with zero attached hydrogens (tertiary/aromatic N) is 1. The highest BCUT2D eigenvalue weighted by atomic mass is 32.2. The number of amidine groups is 1. The van der Waals surface area contributed by atoms with Crippen LogP contribution in [0.15, 0.2) is 0 Å². The number of carbonyl (C=O) groups excluding carboxylic acids is 1. The SMILES string of the molecule is CC(C)CN(CCC(=N)N)S(=O)(=O)NC(=O)OC(C)C. The van der Waals surface area contributed by atoms with Gasteiger partial charge in [0.15, 0.2) is 0 Å². The Morgan fingerprint density at radius 1 is 1.35 bits per heavy atom. The Hall–Kier alpha value is -1.35. The van der Waals surface area contributed by atoms with Gasteiger partial charge in [0.2, 0.25) is 0 Å². The molecule has 0 spiro atoms. The van der Waals surface area contributed by atoms with E-state index in [0.717, 1.165) is 4.31 Å². The van der Waals surface area contributed by atoms with E-state index >= 15 is 0 Å². The summed E-state index contributed by atoms with van der Waals surface area (Å²) in [5, 5.41) is 7.15. The normalized spacial score (nSPS) is 11.9. The minimum Gasteiger partial charge on any atom is -0.446 e. The van der Waals surface area contributed by atoms with Gasteiger partial charge < -0.3 is 10.5 Å². The average Bonchev–Trinajstić information content (AvgIpc) is 2.20. The molecular weight excluding hydrogens is 284 g/mol. The van der Waals surface area contributed by atoms with Gasteiger partial charge in [0.1, 0.15) is 0 Å². The topological polar surface area (TPSA) is 126 Å². The third-order valence-corrected chi connectivity index (χ3v) is 3.53. The van der Waals surface area contributed by atoms with Crippen LogP contribution in [-0.4, -0.2) is 43.8 Å². The van der Waals surface area contributed by atoms with Gasteiger partial charge in [-0.3, -0.25) is 5.41 Å². The zero-order valence-electron chi connectivity index (χ0n) is 12.3. The number of ether oxygens (including phenoxy) is 1. The van der Waals surface area contributed by atoms with Crippen molar-refractivity contribution in [3.8, 4) is 0 Å². The standard InChI is InChI=1S/C11H24N4O4S/c1-8(2)7-15(6-5-10(12)13)20(17,18)14-11(16)19-9(3)4/h8-9H,5-7H2,1-4H3,(H3,12,13)(H,14,16). The van der Waals surface area contributed by atoms with Gasteiger partial charge in [0.25, 0.3) is 0 Å². The van der Waals surface area contributed by atoms with Crippen LogP contribution in [-0.2, 0) is 14.9 Å². The Bertz CT molecular complexity index is 434. The van der Waals surface area contributed by atoms with Gasteiger partial charge in [0.05, 0.1) is 11.9 Å². The Balaban J connectivity index is 4.83. The van der Waals surface area contributed by atoms with Crippen LogP contribution >= 0.6 is 0 Å². The molecule has 0 radical (unpaired) electrons. The van der Waals surface area contributed by atoms with Crippen LogP contribution in [0.25, 0.3) is 0 Å². The highest BCUT2D eigenvalue weighted by Crippen LogP contribution is 2.06. The predicted molar refractivity (Wildman–Crippen MR) is 76.6 cm³/mol. The molecule has 20 heavy (non-hydrogen) atoms. The summed E-state index contributed by atoms with van der Waals surface area (Å²) in [5.74, 6) is -0.0432. The zero-order chi connectivity index (χ0) is 15.9. The number of hydrogen-bond donors (Lipinski definition) is 3. The van der Waals surface area contributed by atoms with Crippen molar-refractivity contribution in [2.45, 2.75) is 40.2 Å². The Morgan fingerprint density at radius 3 is 2.30 bits per heavy atom.